The molecule has 1 fully saturated rings. The van der Waals surface area contributed by atoms with Crippen LogP contribution < -0.4 is 10.5 Å². The number of aromatic nitrogens is 1. The van der Waals surface area contributed by atoms with Crippen molar-refractivity contribution in [2.24, 2.45) is 5.73 Å². The second-order valence-electron chi connectivity index (χ2n) is 4.19. The molecule has 1 aromatic rings. The predicted molar refractivity (Wildman–Crippen MR) is 55.5 cm³/mol. The molecule has 1 saturated carbocycles. The van der Waals surface area contributed by atoms with Gasteiger partial charge in [0.2, 0.25) is 5.88 Å². The van der Waals surface area contributed by atoms with E-state index < -0.39 is 11.7 Å². The van der Waals surface area contributed by atoms with Gasteiger partial charge in [-0.05, 0) is 25.3 Å². The summed E-state index contributed by atoms with van der Waals surface area (Å²) in [6.45, 7) is 0. The molecule has 1 heterocycles. The van der Waals surface area contributed by atoms with Gasteiger partial charge in [0.1, 0.15) is 6.10 Å². The first-order valence-electron chi connectivity index (χ1n) is 5.40. The van der Waals surface area contributed by atoms with Crippen molar-refractivity contribution < 1.29 is 17.9 Å². The standard InChI is InChI=1S/C11H13F3N2O/c12-11(13,14)7-3-4-16-10(5-7)17-9-2-1-8(15)6-9/h3-5,8-9H,1-2,6,15H2. The van der Waals surface area contributed by atoms with Crippen LogP contribution in [0.25, 0.3) is 0 Å². The fourth-order valence-corrected chi connectivity index (χ4v) is 1.90. The summed E-state index contributed by atoms with van der Waals surface area (Å²) < 4.78 is 42.7. The second kappa shape index (κ2) is 4.52. The Kier molecular flexibility index (Phi) is 3.24. The molecule has 1 aromatic heterocycles. The molecule has 0 spiro atoms. The van der Waals surface area contributed by atoms with Crippen molar-refractivity contribution in [3.8, 4) is 5.88 Å². The highest BCUT2D eigenvalue weighted by Crippen LogP contribution is 2.31. The van der Waals surface area contributed by atoms with Crippen molar-refractivity contribution in [1.82, 2.24) is 4.98 Å². The van der Waals surface area contributed by atoms with Crippen molar-refractivity contribution in [3.63, 3.8) is 0 Å². The molecule has 0 amide bonds. The summed E-state index contributed by atoms with van der Waals surface area (Å²) in [5.74, 6) is 0.0129. The van der Waals surface area contributed by atoms with Gasteiger partial charge in [-0.25, -0.2) is 4.98 Å². The predicted octanol–water partition coefficient (Wildman–Crippen LogP) is 2.36. The summed E-state index contributed by atoms with van der Waals surface area (Å²) in [6, 6.07) is 1.92. The average molecular weight is 246 g/mol. The largest absolute Gasteiger partial charge is 0.474 e. The first kappa shape index (κ1) is 12.2. The van der Waals surface area contributed by atoms with E-state index in [0.29, 0.717) is 6.42 Å². The fourth-order valence-electron chi connectivity index (χ4n) is 1.90. The van der Waals surface area contributed by atoms with Crippen LogP contribution in [0.3, 0.4) is 0 Å². The molecule has 3 nitrogen and oxygen atoms in total. The molecule has 0 radical (unpaired) electrons. The van der Waals surface area contributed by atoms with E-state index in [9.17, 15) is 13.2 Å². The van der Waals surface area contributed by atoms with Crippen molar-refractivity contribution in [2.45, 2.75) is 37.6 Å². The molecule has 2 N–H and O–H groups in total. The van der Waals surface area contributed by atoms with E-state index in [0.717, 1.165) is 31.2 Å². The lowest BCUT2D eigenvalue weighted by Gasteiger charge is -2.13. The zero-order valence-corrected chi connectivity index (χ0v) is 9.07. The van der Waals surface area contributed by atoms with Crippen LogP contribution >= 0.6 is 0 Å². The van der Waals surface area contributed by atoms with E-state index in [2.05, 4.69) is 4.98 Å². The number of ether oxygens (including phenoxy) is 1. The normalized spacial score (nSPS) is 24.9. The van der Waals surface area contributed by atoms with Crippen molar-refractivity contribution in [3.05, 3.63) is 23.9 Å². The van der Waals surface area contributed by atoms with Gasteiger partial charge in [-0.2, -0.15) is 13.2 Å². The second-order valence-corrected chi connectivity index (χ2v) is 4.19. The maximum atomic E-state index is 12.4. The van der Waals surface area contributed by atoms with Gasteiger partial charge in [-0.1, -0.05) is 0 Å². The Balaban J connectivity index is 2.06. The number of nitrogens with two attached hydrogens (primary N) is 1. The Morgan fingerprint density at radius 3 is 2.71 bits per heavy atom. The molecule has 94 valence electrons. The number of nitrogens with zero attached hydrogens (tertiary/aromatic N) is 1. The van der Waals surface area contributed by atoms with Crippen LogP contribution in [-0.4, -0.2) is 17.1 Å². The van der Waals surface area contributed by atoms with Gasteiger partial charge < -0.3 is 10.5 Å². The lowest BCUT2D eigenvalue weighted by atomic mass is 10.2. The van der Waals surface area contributed by atoms with E-state index >= 15 is 0 Å². The van der Waals surface area contributed by atoms with Crippen LogP contribution in [0.2, 0.25) is 0 Å². The minimum Gasteiger partial charge on any atom is -0.474 e. The molecule has 2 atom stereocenters. The lowest BCUT2D eigenvalue weighted by molar-refractivity contribution is -0.137. The summed E-state index contributed by atoms with van der Waals surface area (Å²) >= 11 is 0. The maximum Gasteiger partial charge on any atom is 0.416 e. The van der Waals surface area contributed by atoms with Crippen molar-refractivity contribution in [1.29, 1.82) is 0 Å². The minimum absolute atomic E-state index is 0.0129. The third kappa shape index (κ3) is 3.09. The Morgan fingerprint density at radius 2 is 2.12 bits per heavy atom. The van der Waals surface area contributed by atoms with Gasteiger partial charge in [0.15, 0.2) is 0 Å². The summed E-state index contributed by atoms with van der Waals surface area (Å²) in [6.07, 6.45) is -1.12. The number of alkyl halides is 3. The molecule has 2 unspecified atom stereocenters. The van der Waals surface area contributed by atoms with Gasteiger partial charge in [0, 0.05) is 18.3 Å². The Hall–Kier alpha value is -1.30. The molecule has 1 aliphatic carbocycles. The molecule has 6 heteroatoms. The topological polar surface area (TPSA) is 48.1 Å². The van der Waals surface area contributed by atoms with Crippen molar-refractivity contribution in [2.75, 3.05) is 0 Å². The van der Waals surface area contributed by atoms with Crippen LogP contribution in [0.15, 0.2) is 18.3 Å². The molecule has 2 rings (SSSR count). The highest BCUT2D eigenvalue weighted by Gasteiger charge is 2.31. The first-order chi connectivity index (χ1) is 7.95. The smallest absolute Gasteiger partial charge is 0.416 e. The zero-order valence-electron chi connectivity index (χ0n) is 9.07. The Morgan fingerprint density at radius 1 is 1.35 bits per heavy atom. The minimum atomic E-state index is -4.37. The van der Waals surface area contributed by atoms with Gasteiger partial charge in [-0.15, -0.1) is 0 Å². The molecule has 0 aromatic carbocycles. The van der Waals surface area contributed by atoms with Crippen LogP contribution in [0.1, 0.15) is 24.8 Å². The number of pyridine rings is 1. The third-order valence-corrected chi connectivity index (χ3v) is 2.77. The number of hydrogen-bond acceptors (Lipinski definition) is 3. The zero-order chi connectivity index (χ0) is 12.5. The quantitative estimate of drug-likeness (QED) is 0.871. The van der Waals surface area contributed by atoms with Gasteiger partial charge in [0.25, 0.3) is 0 Å². The molecule has 1 aliphatic rings. The van der Waals surface area contributed by atoms with Crippen LogP contribution in [0, 0.1) is 0 Å². The van der Waals surface area contributed by atoms with Gasteiger partial charge >= 0.3 is 6.18 Å². The van der Waals surface area contributed by atoms with Gasteiger partial charge in [-0.3, -0.25) is 0 Å². The van der Waals surface area contributed by atoms with Crippen molar-refractivity contribution >= 4 is 0 Å². The summed E-state index contributed by atoms with van der Waals surface area (Å²) in [5.41, 5.74) is 4.95. The van der Waals surface area contributed by atoms with E-state index in [-0.39, 0.29) is 18.0 Å². The van der Waals surface area contributed by atoms with Crippen LogP contribution in [0.5, 0.6) is 5.88 Å². The molecular weight excluding hydrogens is 233 g/mol. The molecule has 0 aliphatic heterocycles. The molecular formula is C11H13F3N2O. The number of hydrogen-bond donors (Lipinski definition) is 1. The fraction of sp³-hybridized carbons (Fsp3) is 0.545. The summed E-state index contributed by atoms with van der Waals surface area (Å²) in [5, 5.41) is 0. The Bertz CT molecular complexity index is 395. The van der Waals surface area contributed by atoms with Crippen LogP contribution in [0.4, 0.5) is 13.2 Å². The average Bonchev–Trinajstić information content (AvgIpc) is 2.63. The summed E-state index contributed by atoms with van der Waals surface area (Å²) in [4.78, 5) is 3.78. The molecule has 17 heavy (non-hydrogen) atoms. The van der Waals surface area contributed by atoms with E-state index in [1.807, 2.05) is 0 Å². The van der Waals surface area contributed by atoms with E-state index in [4.69, 9.17) is 10.5 Å². The Labute approximate surface area is 96.8 Å². The molecule has 0 bridgehead atoms. The van der Waals surface area contributed by atoms with Gasteiger partial charge in [0.05, 0.1) is 5.56 Å². The van der Waals surface area contributed by atoms with E-state index in [1.165, 1.54) is 0 Å². The van der Waals surface area contributed by atoms with Crippen LogP contribution in [-0.2, 0) is 6.18 Å². The van der Waals surface area contributed by atoms with E-state index in [1.54, 1.807) is 0 Å². The number of rotatable bonds is 2. The highest BCUT2D eigenvalue weighted by atomic mass is 19.4. The summed E-state index contributed by atoms with van der Waals surface area (Å²) in [7, 11) is 0. The monoisotopic (exact) mass is 246 g/mol. The molecule has 0 saturated heterocycles. The number of halogens is 3. The first-order valence-corrected chi connectivity index (χ1v) is 5.40. The SMILES string of the molecule is NC1CCC(Oc2cc(C(F)(F)F)ccn2)C1. The third-order valence-electron chi connectivity index (χ3n) is 2.77. The lowest BCUT2D eigenvalue weighted by Crippen LogP contribution is -2.19. The highest BCUT2D eigenvalue weighted by molar-refractivity contribution is 5.23. The maximum absolute atomic E-state index is 12.4.